The maximum Gasteiger partial charge on any atom is 0.184 e. The molecule has 0 amide bonds. The highest BCUT2D eigenvalue weighted by atomic mass is 19.1. The van der Waals surface area contributed by atoms with E-state index in [1.165, 1.54) is 6.26 Å². The molecular formula is C7H4FNO. The molecule has 2 aromatic heterocycles. The van der Waals surface area contributed by atoms with E-state index in [1.807, 2.05) is 0 Å². The van der Waals surface area contributed by atoms with Crippen molar-refractivity contribution < 1.29 is 8.81 Å². The van der Waals surface area contributed by atoms with Crippen LogP contribution in [0.1, 0.15) is 0 Å². The van der Waals surface area contributed by atoms with Crippen molar-refractivity contribution in [3.05, 3.63) is 30.5 Å². The standard InChI is InChI=1S/C7H4FNO/c8-6-4-9-3-5-1-2-10-7(5)6/h1-4H. The van der Waals surface area contributed by atoms with Crippen LogP contribution in [0.25, 0.3) is 11.0 Å². The molecule has 0 bridgehead atoms. The Hall–Kier alpha value is -1.38. The summed E-state index contributed by atoms with van der Waals surface area (Å²) in [5.74, 6) is -0.414. The van der Waals surface area contributed by atoms with Crippen molar-refractivity contribution in [3.8, 4) is 0 Å². The van der Waals surface area contributed by atoms with E-state index in [2.05, 4.69) is 4.98 Å². The van der Waals surface area contributed by atoms with Crippen LogP contribution in [-0.4, -0.2) is 4.98 Å². The molecular weight excluding hydrogens is 133 g/mol. The summed E-state index contributed by atoms with van der Waals surface area (Å²) >= 11 is 0. The molecule has 0 unspecified atom stereocenters. The number of hydrogen-bond donors (Lipinski definition) is 0. The first-order valence-electron chi connectivity index (χ1n) is 2.84. The third kappa shape index (κ3) is 0.603. The zero-order valence-corrected chi connectivity index (χ0v) is 5.04. The first-order chi connectivity index (χ1) is 4.88. The fourth-order valence-corrected chi connectivity index (χ4v) is 0.857. The van der Waals surface area contributed by atoms with E-state index in [4.69, 9.17) is 4.42 Å². The topological polar surface area (TPSA) is 26.0 Å². The van der Waals surface area contributed by atoms with Crippen LogP contribution in [0.4, 0.5) is 4.39 Å². The van der Waals surface area contributed by atoms with Gasteiger partial charge in [-0.25, -0.2) is 4.39 Å². The Morgan fingerprint density at radius 1 is 1.40 bits per heavy atom. The molecule has 0 aromatic carbocycles. The van der Waals surface area contributed by atoms with Gasteiger partial charge in [-0.2, -0.15) is 0 Å². The Morgan fingerprint density at radius 3 is 3.10 bits per heavy atom. The second-order valence-corrected chi connectivity index (χ2v) is 1.96. The van der Waals surface area contributed by atoms with Crippen LogP contribution < -0.4 is 0 Å². The Bertz CT molecular complexity index is 355. The van der Waals surface area contributed by atoms with Gasteiger partial charge in [-0.1, -0.05) is 0 Å². The molecule has 2 aromatic rings. The molecule has 0 spiro atoms. The third-order valence-corrected chi connectivity index (χ3v) is 1.31. The van der Waals surface area contributed by atoms with E-state index in [1.54, 1.807) is 12.3 Å². The highest BCUT2D eigenvalue weighted by Gasteiger charge is 2.01. The maximum atomic E-state index is 12.7. The molecule has 0 fully saturated rings. The normalized spacial score (nSPS) is 10.5. The largest absolute Gasteiger partial charge is 0.461 e. The van der Waals surface area contributed by atoms with Gasteiger partial charge in [-0.15, -0.1) is 0 Å². The van der Waals surface area contributed by atoms with E-state index in [0.717, 1.165) is 6.20 Å². The molecule has 0 aliphatic heterocycles. The first-order valence-corrected chi connectivity index (χ1v) is 2.84. The SMILES string of the molecule is Fc1cncc2ccoc12. The van der Waals surface area contributed by atoms with Crippen LogP contribution in [0.5, 0.6) is 0 Å². The van der Waals surface area contributed by atoms with E-state index >= 15 is 0 Å². The Labute approximate surface area is 56.3 Å². The van der Waals surface area contributed by atoms with Gasteiger partial charge in [0.25, 0.3) is 0 Å². The molecule has 2 rings (SSSR count). The molecule has 0 N–H and O–H groups in total. The summed E-state index contributed by atoms with van der Waals surface area (Å²) in [6, 6.07) is 1.67. The molecule has 0 saturated heterocycles. The van der Waals surface area contributed by atoms with E-state index in [9.17, 15) is 4.39 Å². The first kappa shape index (κ1) is 5.41. The number of aromatic nitrogens is 1. The lowest BCUT2D eigenvalue weighted by molar-refractivity contribution is 0.557. The summed E-state index contributed by atoms with van der Waals surface area (Å²) < 4.78 is 17.5. The van der Waals surface area contributed by atoms with Gasteiger partial charge in [0.05, 0.1) is 12.5 Å². The van der Waals surface area contributed by atoms with Gasteiger partial charge in [0, 0.05) is 11.6 Å². The average molecular weight is 137 g/mol. The van der Waals surface area contributed by atoms with Gasteiger partial charge >= 0.3 is 0 Å². The summed E-state index contributed by atoms with van der Waals surface area (Å²) in [6.07, 6.45) is 4.13. The minimum absolute atomic E-state index is 0.273. The Kier molecular flexibility index (Phi) is 0.974. The van der Waals surface area contributed by atoms with Crippen molar-refractivity contribution in [2.75, 3.05) is 0 Å². The van der Waals surface area contributed by atoms with Crippen molar-refractivity contribution in [1.82, 2.24) is 4.98 Å². The fourth-order valence-electron chi connectivity index (χ4n) is 0.857. The maximum absolute atomic E-state index is 12.7. The number of rotatable bonds is 0. The number of furan rings is 1. The molecule has 0 aliphatic carbocycles. The fraction of sp³-hybridized carbons (Fsp3) is 0. The smallest absolute Gasteiger partial charge is 0.184 e. The third-order valence-electron chi connectivity index (χ3n) is 1.31. The van der Waals surface area contributed by atoms with Gasteiger partial charge in [-0.05, 0) is 6.07 Å². The van der Waals surface area contributed by atoms with Crippen LogP contribution in [-0.2, 0) is 0 Å². The summed E-state index contributed by atoms with van der Waals surface area (Å²) in [4.78, 5) is 3.65. The highest BCUT2D eigenvalue weighted by molar-refractivity contribution is 5.75. The molecule has 50 valence electrons. The second kappa shape index (κ2) is 1.80. The quantitative estimate of drug-likeness (QED) is 0.554. The van der Waals surface area contributed by atoms with Gasteiger partial charge in [0.1, 0.15) is 0 Å². The molecule has 0 saturated carbocycles. The Balaban J connectivity index is 2.95. The lowest BCUT2D eigenvalue weighted by atomic mass is 10.3. The average Bonchev–Trinajstić information content (AvgIpc) is 2.36. The molecule has 2 nitrogen and oxygen atoms in total. The van der Waals surface area contributed by atoms with Crippen molar-refractivity contribution in [3.63, 3.8) is 0 Å². The predicted molar refractivity (Wildman–Crippen MR) is 34.0 cm³/mol. The van der Waals surface area contributed by atoms with Crippen LogP contribution in [0.2, 0.25) is 0 Å². The number of halogens is 1. The summed E-state index contributed by atoms with van der Waals surface area (Å²) in [6.45, 7) is 0. The summed E-state index contributed by atoms with van der Waals surface area (Å²) in [5.41, 5.74) is 0.273. The molecule has 0 aliphatic rings. The van der Waals surface area contributed by atoms with Crippen LogP contribution in [0.15, 0.2) is 29.1 Å². The number of fused-ring (bicyclic) bond motifs is 1. The molecule has 3 heteroatoms. The monoisotopic (exact) mass is 137 g/mol. The van der Waals surface area contributed by atoms with E-state index in [0.29, 0.717) is 5.39 Å². The zero-order chi connectivity index (χ0) is 6.97. The molecule has 0 atom stereocenters. The zero-order valence-electron chi connectivity index (χ0n) is 5.04. The van der Waals surface area contributed by atoms with Crippen molar-refractivity contribution in [1.29, 1.82) is 0 Å². The lowest BCUT2D eigenvalue weighted by Gasteiger charge is -1.86. The number of pyridine rings is 1. The number of hydrogen-bond acceptors (Lipinski definition) is 2. The van der Waals surface area contributed by atoms with Gasteiger partial charge < -0.3 is 4.42 Å². The van der Waals surface area contributed by atoms with Crippen molar-refractivity contribution >= 4 is 11.0 Å². The van der Waals surface area contributed by atoms with Crippen molar-refractivity contribution in [2.45, 2.75) is 0 Å². The minimum Gasteiger partial charge on any atom is -0.461 e. The number of nitrogens with zero attached hydrogens (tertiary/aromatic N) is 1. The molecule has 10 heavy (non-hydrogen) atoms. The highest BCUT2D eigenvalue weighted by Crippen LogP contribution is 2.15. The van der Waals surface area contributed by atoms with E-state index in [-0.39, 0.29) is 5.58 Å². The van der Waals surface area contributed by atoms with Gasteiger partial charge in [-0.3, -0.25) is 4.98 Å². The van der Waals surface area contributed by atoms with E-state index < -0.39 is 5.82 Å². The van der Waals surface area contributed by atoms with Crippen LogP contribution >= 0.6 is 0 Å². The van der Waals surface area contributed by atoms with Crippen molar-refractivity contribution in [2.24, 2.45) is 0 Å². The lowest BCUT2D eigenvalue weighted by Crippen LogP contribution is -1.75. The van der Waals surface area contributed by atoms with Gasteiger partial charge in [0.2, 0.25) is 0 Å². The van der Waals surface area contributed by atoms with Crippen LogP contribution in [0.3, 0.4) is 0 Å². The Morgan fingerprint density at radius 2 is 2.30 bits per heavy atom. The summed E-state index contributed by atoms with van der Waals surface area (Å²) in [7, 11) is 0. The predicted octanol–water partition coefficient (Wildman–Crippen LogP) is 1.97. The minimum atomic E-state index is -0.414. The molecule has 2 heterocycles. The van der Waals surface area contributed by atoms with Crippen LogP contribution in [0, 0.1) is 5.82 Å². The molecule has 0 radical (unpaired) electrons. The summed E-state index contributed by atoms with van der Waals surface area (Å²) in [5, 5.41) is 0.694. The second-order valence-electron chi connectivity index (χ2n) is 1.96. The van der Waals surface area contributed by atoms with Gasteiger partial charge in [0.15, 0.2) is 11.4 Å².